The van der Waals surface area contributed by atoms with E-state index < -0.39 is 10.0 Å². The second-order valence-electron chi connectivity index (χ2n) is 5.80. The van der Waals surface area contributed by atoms with Crippen LogP contribution in [0.5, 0.6) is 5.75 Å². The first kappa shape index (κ1) is 19.1. The molecular formula is C21H19NO3S2. The van der Waals surface area contributed by atoms with Gasteiger partial charge in [-0.3, -0.25) is 4.72 Å². The van der Waals surface area contributed by atoms with Gasteiger partial charge in [-0.25, -0.2) is 8.42 Å². The van der Waals surface area contributed by atoms with Gasteiger partial charge in [-0.2, -0.15) is 0 Å². The zero-order valence-electron chi connectivity index (χ0n) is 14.7. The fraction of sp³-hybridized carbons (Fsp3) is 0.0476. The van der Waals surface area contributed by atoms with Crippen molar-refractivity contribution >= 4 is 38.2 Å². The van der Waals surface area contributed by atoms with Crippen molar-refractivity contribution in [1.29, 1.82) is 0 Å². The van der Waals surface area contributed by atoms with Gasteiger partial charge in [0.25, 0.3) is 10.0 Å². The topological polar surface area (TPSA) is 66.4 Å². The van der Waals surface area contributed by atoms with Gasteiger partial charge in [-0.05, 0) is 31.2 Å². The van der Waals surface area contributed by atoms with Crippen molar-refractivity contribution in [2.24, 2.45) is 0 Å². The maximum atomic E-state index is 12.6. The molecule has 0 heterocycles. The van der Waals surface area contributed by atoms with E-state index in [2.05, 4.69) is 11.3 Å². The van der Waals surface area contributed by atoms with E-state index in [1.807, 2.05) is 30.3 Å². The number of anilines is 1. The smallest absolute Gasteiger partial charge is 0.261 e. The number of fused-ring (bicyclic) bond motifs is 1. The molecule has 0 spiro atoms. The normalized spacial score (nSPS) is 11.7. The van der Waals surface area contributed by atoms with Crippen LogP contribution >= 0.6 is 11.8 Å². The summed E-state index contributed by atoms with van der Waals surface area (Å²) in [7, 11) is -3.79. The molecule has 0 aromatic heterocycles. The van der Waals surface area contributed by atoms with Crippen LogP contribution in [0, 0.1) is 0 Å². The van der Waals surface area contributed by atoms with Crippen LogP contribution in [-0.4, -0.2) is 13.5 Å². The first-order chi connectivity index (χ1) is 12.9. The van der Waals surface area contributed by atoms with Crippen molar-refractivity contribution in [3.05, 3.63) is 84.3 Å². The van der Waals surface area contributed by atoms with Crippen LogP contribution in [0.2, 0.25) is 0 Å². The van der Waals surface area contributed by atoms with Crippen molar-refractivity contribution in [2.45, 2.75) is 16.7 Å². The Bertz CT molecular complexity index is 1120. The van der Waals surface area contributed by atoms with Gasteiger partial charge in [0.1, 0.15) is 5.75 Å². The number of hydrogen-bond acceptors (Lipinski definition) is 4. The maximum absolute atomic E-state index is 12.6. The molecular weight excluding hydrogens is 378 g/mol. The molecule has 0 aliphatic heterocycles. The van der Waals surface area contributed by atoms with Crippen molar-refractivity contribution < 1.29 is 13.5 Å². The summed E-state index contributed by atoms with van der Waals surface area (Å²) in [5.41, 5.74) is 0.396. The average molecular weight is 398 g/mol. The second-order valence-corrected chi connectivity index (χ2v) is 8.65. The molecule has 0 amide bonds. The minimum absolute atomic E-state index is 0.0283. The molecule has 27 heavy (non-hydrogen) atoms. The maximum Gasteiger partial charge on any atom is 0.261 e. The molecule has 0 aliphatic rings. The highest BCUT2D eigenvalue weighted by molar-refractivity contribution is 7.99. The van der Waals surface area contributed by atoms with E-state index in [0.29, 0.717) is 21.4 Å². The van der Waals surface area contributed by atoms with Gasteiger partial charge in [-0.15, -0.1) is 0 Å². The molecule has 0 bridgehead atoms. The number of sulfonamides is 1. The highest BCUT2D eigenvalue weighted by atomic mass is 32.2. The van der Waals surface area contributed by atoms with Crippen molar-refractivity contribution in [1.82, 2.24) is 0 Å². The predicted octanol–water partition coefficient (Wildman–Crippen LogP) is 5.53. The van der Waals surface area contributed by atoms with Crippen LogP contribution in [-0.2, 0) is 10.0 Å². The van der Waals surface area contributed by atoms with Crippen LogP contribution in [0.3, 0.4) is 0 Å². The Labute approximate surface area is 163 Å². The SMILES string of the molecule is C=C(/C=C\C)S(=O)(=O)Nc1cc(Sc2ccccc2)c(O)c2ccccc12. The molecule has 0 atom stereocenters. The van der Waals surface area contributed by atoms with Crippen molar-refractivity contribution in [3.63, 3.8) is 0 Å². The number of allylic oxidation sites excluding steroid dienone is 2. The van der Waals surface area contributed by atoms with E-state index in [9.17, 15) is 13.5 Å². The Morgan fingerprint density at radius 3 is 2.37 bits per heavy atom. The summed E-state index contributed by atoms with van der Waals surface area (Å²) in [5.74, 6) is 0.120. The molecule has 6 heteroatoms. The number of phenols is 1. The van der Waals surface area contributed by atoms with Gasteiger partial charge >= 0.3 is 0 Å². The lowest BCUT2D eigenvalue weighted by molar-refractivity contribution is 0.469. The summed E-state index contributed by atoms with van der Waals surface area (Å²) in [5, 5.41) is 11.9. The van der Waals surface area contributed by atoms with E-state index in [-0.39, 0.29) is 10.7 Å². The minimum atomic E-state index is -3.79. The van der Waals surface area contributed by atoms with E-state index >= 15 is 0 Å². The monoisotopic (exact) mass is 397 g/mol. The Hall–Kier alpha value is -2.70. The van der Waals surface area contributed by atoms with E-state index in [1.54, 1.807) is 43.3 Å². The van der Waals surface area contributed by atoms with Gasteiger partial charge in [-0.1, -0.05) is 66.9 Å². The summed E-state index contributed by atoms with van der Waals surface area (Å²) in [6.07, 6.45) is 3.05. The average Bonchev–Trinajstić information content (AvgIpc) is 2.66. The van der Waals surface area contributed by atoms with Gasteiger partial charge in [0.15, 0.2) is 0 Å². The molecule has 3 aromatic rings. The van der Waals surface area contributed by atoms with Gasteiger partial charge in [0.2, 0.25) is 0 Å². The summed E-state index contributed by atoms with van der Waals surface area (Å²) in [6.45, 7) is 5.34. The third-order valence-corrected chi connectivity index (χ3v) is 6.25. The van der Waals surface area contributed by atoms with Crippen LogP contribution in [0.1, 0.15) is 6.92 Å². The standard InChI is InChI=1S/C21H19NO3S2/c1-3-9-15(2)27(24,25)22-19-14-20(26-16-10-5-4-6-11-16)21(23)18-13-8-7-12-17(18)19/h3-14,22-23H,2H2,1H3/b9-3-. The lowest BCUT2D eigenvalue weighted by Gasteiger charge is -2.15. The molecule has 3 aromatic carbocycles. The number of rotatable bonds is 6. The lowest BCUT2D eigenvalue weighted by Crippen LogP contribution is -2.13. The molecule has 0 saturated heterocycles. The molecule has 0 radical (unpaired) electrons. The number of phenolic OH excluding ortho intramolecular Hbond substituents is 1. The van der Waals surface area contributed by atoms with Crippen LogP contribution < -0.4 is 4.72 Å². The van der Waals surface area contributed by atoms with Crippen molar-refractivity contribution in [3.8, 4) is 5.75 Å². The highest BCUT2D eigenvalue weighted by Gasteiger charge is 2.18. The number of aromatic hydroxyl groups is 1. The largest absolute Gasteiger partial charge is 0.506 e. The summed E-state index contributed by atoms with van der Waals surface area (Å²) in [4.78, 5) is 1.48. The fourth-order valence-electron chi connectivity index (χ4n) is 2.60. The quantitative estimate of drug-likeness (QED) is 0.424. The Kier molecular flexibility index (Phi) is 5.58. The summed E-state index contributed by atoms with van der Waals surface area (Å²) >= 11 is 1.37. The number of nitrogens with one attached hydrogen (secondary N) is 1. The molecule has 0 saturated carbocycles. The van der Waals surface area contributed by atoms with Crippen LogP contribution in [0.25, 0.3) is 10.8 Å². The molecule has 2 N–H and O–H groups in total. The predicted molar refractivity (Wildman–Crippen MR) is 113 cm³/mol. The first-order valence-corrected chi connectivity index (χ1v) is 10.5. The summed E-state index contributed by atoms with van der Waals surface area (Å²) in [6, 6.07) is 18.4. The van der Waals surface area contributed by atoms with E-state index in [4.69, 9.17) is 0 Å². The van der Waals surface area contributed by atoms with Crippen molar-refractivity contribution in [2.75, 3.05) is 4.72 Å². The molecule has 0 fully saturated rings. The molecule has 0 unspecified atom stereocenters. The van der Waals surface area contributed by atoms with Gasteiger partial charge in [0, 0.05) is 15.7 Å². The van der Waals surface area contributed by atoms with E-state index in [0.717, 1.165) is 4.90 Å². The zero-order chi connectivity index (χ0) is 19.4. The molecule has 138 valence electrons. The first-order valence-electron chi connectivity index (χ1n) is 8.24. The third kappa shape index (κ3) is 4.18. The lowest BCUT2D eigenvalue weighted by atomic mass is 10.1. The van der Waals surface area contributed by atoms with Crippen LogP contribution in [0.4, 0.5) is 5.69 Å². The van der Waals surface area contributed by atoms with Gasteiger partial charge < -0.3 is 5.11 Å². The Balaban J connectivity index is 2.11. The third-order valence-electron chi connectivity index (χ3n) is 3.89. The minimum Gasteiger partial charge on any atom is -0.506 e. The molecule has 0 aliphatic carbocycles. The second kappa shape index (κ2) is 7.90. The Morgan fingerprint density at radius 1 is 1.07 bits per heavy atom. The molecule has 3 rings (SSSR count). The molecule has 4 nitrogen and oxygen atoms in total. The van der Waals surface area contributed by atoms with E-state index in [1.165, 1.54) is 17.8 Å². The Morgan fingerprint density at radius 2 is 1.70 bits per heavy atom. The number of hydrogen-bond donors (Lipinski definition) is 2. The summed E-state index contributed by atoms with van der Waals surface area (Å²) < 4.78 is 27.7. The zero-order valence-corrected chi connectivity index (χ0v) is 16.3. The van der Waals surface area contributed by atoms with Crippen LogP contribution in [0.15, 0.2) is 94.1 Å². The highest BCUT2D eigenvalue weighted by Crippen LogP contribution is 2.42. The fourth-order valence-corrected chi connectivity index (χ4v) is 4.43. The van der Waals surface area contributed by atoms with Gasteiger partial charge in [0.05, 0.1) is 15.5 Å². The number of benzene rings is 3.